The van der Waals surface area contributed by atoms with E-state index in [0.29, 0.717) is 16.0 Å². The third-order valence-electron chi connectivity index (χ3n) is 4.85. The molecule has 0 saturated heterocycles. The van der Waals surface area contributed by atoms with Crippen molar-refractivity contribution in [1.29, 1.82) is 0 Å². The van der Waals surface area contributed by atoms with Crippen molar-refractivity contribution in [2.75, 3.05) is 11.9 Å². The molecule has 1 aliphatic rings. The molecule has 0 bridgehead atoms. The maximum atomic E-state index is 14.5. The second-order valence-electron chi connectivity index (χ2n) is 7.01. The zero-order valence-corrected chi connectivity index (χ0v) is 17.6. The van der Waals surface area contributed by atoms with Crippen LogP contribution in [-0.2, 0) is 17.8 Å². The molecule has 6 nitrogen and oxygen atoms in total. The highest BCUT2D eigenvalue weighted by Gasteiger charge is 2.19. The lowest BCUT2D eigenvalue weighted by molar-refractivity contribution is -0.118. The average Bonchev–Trinajstić information content (AvgIpc) is 2.96. The number of hydrogen-bond acceptors (Lipinski definition) is 4. The molecule has 0 saturated carbocycles. The first-order valence-electron chi connectivity index (χ1n) is 9.61. The number of hydrogen-bond donors (Lipinski definition) is 1. The molecule has 0 fully saturated rings. The molecule has 9 heteroatoms. The fourth-order valence-electron chi connectivity index (χ4n) is 3.39. The molecule has 1 N–H and O–H groups in total. The number of benzene rings is 2. The zero-order chi connectivity index (χ0) is 21.1. The van der Waals surface area contributed by atoms with E-state index >= 15 is 0 Å². The lowest BCUT2D eigenvalue weighted by Gasteiger charge is -2.11. The molecule has 1 amide bonds. The van der Waals surface area contributed by atoms with Crippen LogP contribution in [0.2, 0.25) is 0 Å². The predicted octanol–water partition coefficient (Wildman–Crippen LogP) is 4.73. The first kappa shape index (κ1) is 20.5. The van der Waals surface area contributed by atoms with Gasteiger partial charge in [-0.05, 0) is 49.2 Å². The molecule has 0 spiro atoms. The highest BCUT2D eigenvalue weighted by molar-refractivity contribution is 9.10. The minimum absolute atomic E-state index is 0.0284. The summed E-state index contributed by atoms with van der Waals surface area (Å²) in [7, 11) is 0. The Balaban J connectivity index is 1.48. The Bertz CT molecular complexity index is 1090. The minimum Gasteiger partial charge on any atom is -0.481 e. The Morgan fingerprint density at radius 1 is 1.10 bits per heavy atom. The smallest absolute Gasteiger partial charge is 0.262 e. The molecule has 4 rings (SSSR count). The van der Waals surface area contributed by atoms with E-state index in [1.807, 2.05) is 4.57 Å². The monoisotopic (exact) mass is 476 g/mol. The number of rotatable bonds is 5. The molecule has 1 aromatic heterocycles. The van der Waals surface area contributed by atoms with Gasteiger partial charge in [-0.1, -0.05) is 22.4 Å². The number of fused-ring (bicyclic) bond motifs is 1. The van der Waals surface area contributed by atoms with Crippen molar-refractivity contribution in [2.24, 2.45) is 0 Å². The molecule has 156 valence electrons. The maximum Gasteiger partial charge on any atom is 0.262 e. The number of nitrogens with one attached hydrogen (secondary N) is 1. The zero-order valence-electron chi connectivity index (χ0n) is 16.0. The van der Waals surface area contributed by atoms with Gasteiger partial charge in [0.15, 0.2) is 24.0 Å². The Labute approximate surface area is 180 Å². The number of anilines is 1. The lowest BCUT2D eigenvalue weighted by atomic mass is 10.1. The Morgan fingerprint density at radius 2 is 1.97 bits per heavy atom. The number of carbonyl (C=O) groups excluding carboxylic acids is 1. The van der Waals surface area contributed by atoms with Crippen molar-refractivity contribution in [1.82, 2.24) is 14.8 Å². The summed E-state index contributed by atoms with van der Waals surface area (Å²) in [5.74, 6) is -0.237. The number of aryl methyl sites for hydroxylation is 1. The molecular formula is C21H19BrF2N4O2. The summed E-state index contributed by atoms with van der Waals surface area (Å²) in [4.78, 5) is 12.2. The summed E-state index contributed by atoms with van der Waals surface area (Å²) in [6.45, 7) is 0.353. The van der Waals surface area contributed by atoms with E-state index in [9.17, 15) is 13.6 Å². The van der Waals surface area contributed by atoms with Crippen molar-refractivity contribution in [3.63, 3.8) is 0 Å². The van der Waals surface area contributed by atoms with Crippen LogP contribution in [0.25, 0.3) is 11.4 Å². The summed E-state index contributed by atoms with van der Waals surface area (Å²) in [5, 5.41) is 11.0. The standard InChI is InChI=1S/C21H19BrF2N4O2/c22-13-5-8-18(17(24)10-13)30-12-20(29)25-14-6-7-16(23)15(11-14)21-27-26-19-4-2-1-3-9-28(19)21/h5-8,10-11H,1-4,9,12H2,(H,25,29). The summed E-state index contributed by atoms with van der Waals surface area (Å²) in [5.41, 5.74) is 0.663. The van der Waals surface area contributed by atoms with Gasteiger partial charge in [-0.15, -0.1) is 10.2 Å². The lowest BCUT2D eigenvalue weighted by Crippen LogP contribution is -2.20. The van der Waals surface area contributed by atoms with Gasteiger partial charge >= 0.3 is 0 Å². The molecule has 0 atom stereocenters. The van der Waals surface area contributed by atoms with E-state index in [-0.39, 0.29) is 17.9 Å². The highest BCUT2D eigenvalue weighted by Crippen LogP contribution is 2.27. The van der Waals surface area contributed by atoms with Crippen LogP contribution in [0, 0.1) is 11.6 Å². The SMILES string of the molecule is O=C(COc1ccc(Br)cc1F)Nc1ccc(F)c(-c2nnc3n2CCCCC3)c1. The summed E-state index contributed by atoms with van der Waals surface area (Å²) in [6.07, 6.45) is 3.94. The molecule has 2 heterocycles. The molecule has 3 aromatic rings. The van der Waals surface area contributed by atoms with E-state index in [1.54, 1.807) is 6.07 Å². The second kappa shape index (κ2) is 8.91. The van der Waals surface area contributed by atoms with Crippen molar-refractivity contribution < 1.29 is 18.3 Å². The van der Waals surface area contributed by atoms with E-state index in [0.717, 1.165) is 38.1 Å². The van der Waals surface area contributed by atoms with E-state index in [1.165, 1.54) is 30.3 Å². The fourth-order valence-corrected chi connectivity index (χ4v) is 3.72. The third kappa shape index (κ3) is 4.51. The van der Waals surface area contributed by atoms with E-state index < -0.39 is 17.5 Å². The first-order chi connectivity index (χ1) is 14.5. The summed E-state index contributed by atoms with van der Waals surface area (Å²) < 4.78 is 36.1. The van der Waals surface area contributed by atoms with Gasteiger partial charge in [0.2, 0.25) is 0 Å². The number of amides is 1. The third-order valence-corrected chi connectivity index (χ3v) is 5.35. The Morgan fingerprint density at radius 3 is 2.80 bits per heavy atom. The van der Waals surface area contributed by atoms with Gasteiger partial charge < -0.3 is 14.6 Å². The van der Waals surface area contributed by atoms with Crippen LogP contribution in [0.15, 0.2) is 40.9 Å². The van der Waals surface area contributed by atoms with E-state index in [2.05, 4.69) is 31.4 Å². The molecule has 0 unspecified atom stereocenters. The summed E-state index contributed by atoms with van der Waals surface area (Å²) >= 11 is 3.16. The number of halogens is 3. The van der Waals surface area contributed by atoms with Gasteiger partial charge in [0.25, 0.3) is 5.91 Å². The van der Waals surface area contributed by atoms with Crippen LogP contribution in [0.3, 0.4) is 0 Å². The van der Waals surface area contributed by atoms with Crippen molar-refractivity contribution in [2.45, 2.75) is 32.2 Å². The van der Waals surface area contributed by atoms with Gasteiger partial charge in [-0.3, -0.25) is 4.79 Å². The number of ether oxygens (including phenoxy) is 1. The van der Waals surface area contributed by atoms with Gasteiger partial charge in [-0.25, -0.2) is 8.78 Å². The minimum atomic E-state index is -0.575. The van der Waals surface area contributed by atoms with E-state index in [4.69, 9.17) is 4.74 Å². The highest BCUT2D eigenvalue weighted by atomic mass is 79.9. The Hall–Kier alpha value is -2.81. The average molecular weight is 477 g/mol. The Kier molecular flexibility index (Phi) is 6.08. The van der Waals surface area contributed by atoms with Gasteiger partial charge in [0, 0.05) is 23.1 Å². The van der Waals surface area contributed by atoms with Gasteiger partial charge in [0.1, 0.15) is 11.6 Å². The topological polar surface area (TPSA) is 69.0 Å². The second-order valence-corrected chi connectivity index (χ2v) is 7.92. The summed E-state index contributed by atoms with van der Waals surface area (Å²) in [6, 6.07) is 8.55. The predicted molar refractivity (Wildman–Crippen MR) is 111 cm³/mol. The van der Waals surface area contributed by atoms with Crippen molar-refractivity contribution in [3.8, 4) is 17.1 Å². The molecule has 0 radical (unpaired) electrons. The first-order valence-corrected chi connectivity index (χ1v) is 10.4. The molecule has 2 aromatic carbocycles. The molecule has 1 aliphatic heterocycles. The van der Waals surface area contributed by atoms with Crippen molar-refractivity contribution in [3.05, 3.63) is 58.3 Å². The van der Waals surface area contributed by atoms with Crippen LogP contribution in [0.5, 0.6) is 5.75 Å². The van der Waals surface area contributed by atoms with Crippen LogP contribution in [0.1, 0.15) is 25.1 Å². The quantitative estimate of drug-likeness (QED) is 0.577. The molecule has 0 aliphatic carbocycles. The number of nitrogens with zero attached hydrogens (tertiary/aromatic N) is 3. The normalized spacial score (nSPS) is 13.4. The number of aromatic nitrogens is 3. The van der Waals surface area contributed by atoms with Crippen LogP contribution in [-0.4, -0.2) is 27.3 Å². The fraction of sp³-hybridized carbons (Fsp3) is 0.286. The van der Waals surface area contributed by atoms with Crippen LogP contribution in [0.4, 0.5) is 14.5 Å². The van der Waals surface area contributed by atoms with Crippen molar-refractivity contribution >= 4 is 27.5 Å². The molecular weight excluding hydrogens is 458 g/mol. The number of carbonyl (C=O) groups is 1. The van der Waals surface area contributed by atoms with Gasteiger partial charge in [0.05, 0.1) is 5.56 Å². The largest absolute Gasteiger partial charge is 0.481 e. The molecule has 30 heavy (non-hydrogen) atoms. The van der Waals surface area contributed by atoms with Crippen LogP contribution < -0.4 is 10.1 Å². The van der Waals surface area contributed by atoms with Gasteiger partial charge in [-0.2, -0.15) is 0 Å². The van der Waals surface area contributed by atoms with Crippen LogP contribution >= 0.6 is 15.9 Å². The maximum absolute atomic E-state index is 14.5.